The van der Waals surface area contributed by atoms with E-state index in [1.54, 1.807) is 17.3 Å². The van der Waals surface area contributed by atoms with Crippen molar-refractivity contribution in [3.05, 3.63) is 17.4 Å². The van der Waals surface area contributed by atoms with Gasteiger partial charge in [0.15, 0.2) is 0 Å². The molecule has 1 atom stereocenters. The van der Waals surface area contributed by atoms with Crippen LogP contribution < -0.4 is 4.90 Å². The molecule has 0 unspecified atom stereocenters. The molecule has 7 heteroatoms. The molecule has 0 spiro atoms. The Morgan fingerprint density at radius 3 is 2.64 bits per heavy atom. The number of likely N-dealkylation sites (tertiary alicyclic amines) is 1. The Hall–Kier alpha value is -1.56. The largest absolute Gasteiger partial charge is 0.444 e. The average molecular weight is 327 g/mol. The van der Waals surface area contributed by atoms with Crippen LogP contribution in [0.1, 0.15) is 33.6 Å². The number of nitrogens with zero attached hydrogens (tertiary/aromatic N) is 4. The minimum absolute atomic E-state index is 0.169. The van der Waals surface area contributed by atoms with Crippen molar-refractivity contribution >= 4 is 23.6 Å². The number of anilines is 1. The van der Waals surface area contributed by atoms with Gasteiger partial charge in [-0.05, 0) is 33.6 Å². The number of carbonyl (C=O) groups is 1. The van der Waals surface area contributed by atoms with Gasteiger partial charge in [0.1, 0.15) is 5.60 Å². The lowest BCUT2D eigenvalue weighted by Crippen LogP contribution is -2.50. The lowest BCUT2D eigenvalue weighted by atomic mass is 10.1. The van der Waals surface area contributed by atoms with Gasteiger partial charge < -0.3 is 14.5 Å². The highest BCUT2D eigenvalue weighted by Gasteiger charge is 2.30. The summed E-state index contributed by atoms with van der Waals surface area (Å²) in [4.78, 5) is 24.4. The van der Waals surface area contributed by atoms with Gasteiger partial charge in [0, 0.05) is 26.2 Å². The van der Waals surface area contributed by atoms with Crippen LogP contribution in [-0.2, 0) is 4.74 Å². The Morgan fingerprint density at radius 2 is 2.05 bits per heavy atom. The smallest absolute Gasteiger partial charge is 0.410 e. The van der Waals surface area contributed by atoms with Crippen molar-refractivity contribution < 1.29 is 9.53 Å². The molecule has 0 saturated carbocycles. The maximum absolute atomic E-state index is 12.2. The maximum atomic E-state index is 12.2. The number of carbonyl (C=O) groups excluding carboxylic acids is 1. The summed E-state index contributed by atoms with van der Waals surface area (Å²) in [7, 11) is 1.94. The first-order valence-corrected chi connectivity index (χ1v) is 7.82. The first kappa shape index (κ1) is 16.8. The molecule has 1 amide bonds. The summed E-state index contributed by atoms with van der Waals surface area (Å²) < 4.78 is 5.45. The molecule has 122 valence electrons. The van der Waals surface area contributed by atoms with E-state index in [-0.39, 0.29) is 12.1 Å². The number of ether oxygens (including phenoxy) is 1. The summed E-state index contributed by atoms with van der Waals surface area (Å²) in [6.07, 6.45) is 4.82. The molecular formula is C15H23ClN4O2. The van der Waals surface area contributed by atoms with Gasteiger partial charge in [-0.2, -0.15) is 0 Å². The lowest BCUT2D eigenvalue weighted by molar-refractivity contribution is 0.0199. The van der Waals surface area contributed by atoms with Gasteiger partial charge in [0.25, 0.3) is 0 Å². The molecule has 22 heavy (non-hydrogen) atoms. The number of halogens is 1. The molecule has 1 saturated heterocycles. The fourth-order valence-electron chi connectivity index (χ4n) is 2.41. The molecule has 1 fully saturated rings. The summed E-state index contributed by atoms with van der Waals surface area (Å²) in [6, 6.07) is 0.169. The zero-order valence-corrected chi connectivity index (χ0v) is 14.3. The van der Waals surface area contributed by atoms with Crippen molar-refractivity contribution in [2.75, 3.05) is 25.0 Å². The van der Waals surface area contributed by atoms with Crippen LogP contribution in [0.25, 0.3) is 0 Å². The van der Waals surface area contributed by atoms with E-state index in [0.29, 0.717) is 17.5 Å². The molecule has 1 aromatic rings. The molecule has 0 aliphatic carbocycles. The zero-order valence-electron chi connectivity index (χ0n) is 13.5. The third kappa shape index (κ3) is 4.47. The first-order valence-electron chi connectivity index (χ1n) is 7.44. The quantitative estimate of drug-likeness (QED) is 0.836. The van der Waals surface area contributed by atoms with E-state index in [1.807, 2.05) is 32.7 Å². The Morgan fingerprint density at radius 1 is 1.41 bits per heavy atom. The van der Waals surface area contributed by atoms with Crippen LogP contribution in [0.3, 0.4) is 0 Å². The van der Waals surface area contributed by atoms with E-state index < -0.39 is 5.60 Å². The number of aromatic nitrogens is 2. The summed E-state index contributed by atoms with van der Waals surface area (Å²) in [6.45, 7) is 6.96. The minimum Gasteiger partial charge on any atom is -0.444 e. The predicted octanol–water partition coefficient (Wildman–Crippen LogP) is 2.97. The monoisotopic (exact) mass is 326 g/mol. The highest BCUT2D eigenvalue weighted by Crippen LogP contribution is 2.21. The number of rotatable bonds is 2. The highest BCUT2D eigenvalue weighted by atomic mass is 35.5. The molecule has 1 aliphatic rings. The average Bonchev–Trinajstić information content (AvgIpc) is 2.46. The van der Waals surface area contributed by atoms with E-state index in [4.69, 9.17) is 16.3 Å². The molecule has 2 heterocycles. The first-order chi connectivity index (χ1) is 10.3. The van der Waals surface area contributed by atoms with Crippen molar-refractivity contribution in [2.45, 2.75) is 45.3 Å². The number of hydrogen-bond acceptors (Lipinski definition) is 5. The summed E-state index contributed by atoms with van der Waals surface area (Å²) in [5, 5.41) is 0.510. The third-order valence-electron chi connectivity index (χ3n) is 3.52. The molecule has 1 aromatic heterocycles. The summed E-state index contributed by atoms with van der Waals surface area (Å²) in [5.41, 5.74) is -0.477. The van der Waals surface area contributed by atoms with Gasteiger partial charge in [-0.25, -0.2) is 14.8 Å². The fourth-order valence-corrected chi connectivity index (χ4v) is 2.51. The van der Waals surface area contributed by atoms with Crippen LogP contribution in [0.4, 0.5) is 10.7 Å². The Labute approximate surface area is 136 Å². The highest BCUT2D eigenvalue weighted by molar-refractivity contribution is 6.30. The summed E-state index contributed by atoms with van der Waals surface area (Å²) in [5.74, 6) is 0.612. The molecule has 0 bridgehead atoms. The lowest BCUT2D eigenvalue weighted by Gasteiger charge is -2.38. The molecule has 1 aliphatic heterocycles. The van der Waals surface area contributed by atoms with Gasteiger partial charge >= 0.3 is 6.09 Å². The molecule has 0 aromatic carbocycles. The number of piperidine rings is 1. The Bertz CT molecular complexity index is 515. The SMILES string of the molecule is CN(c1ncc(Cl)cn1)[C@H]1CCCN(C(=O)OC(C)(C)C)C1. The van der Waals surface area contributed by atoms with Gasteiger partial charge in [-0.15, -0.1) is 0 Å². The topological polar surface area (TPSA) is 58.6 Å². The van der Waals surface area contributed by atoms with Crippen molar-refractivity contribution in [3.8, 4) is 0 Å². The van der Waals surface area contributed by atoms with Crippen molar-refractivity contribution in [1.82, 2.24) is 14.9 Å². The van der Waals surface area contributed by atoms with E-state index in [2.05, 4.69) is 9.97 Å². The normalized spacial score (nSPS) is 19.0. The van der Waals surface area contributed by atoms with Crippen molar-refractivity contribution in [2.24, 2.45) is 0 Å². The molecule has 0 N–H and O–H groups in total. The Kier molecular flexibility index (Phi) is 5.11. The van der Waals surface area contributed by atoms with Gasteiger partial charge in [0.2, 0.25) is 5.95 Å². The van der Waals surface area contributed by atoms with Gasteiger partial charge in [-0.1, -0.05) is 11.6 Å². The molecular weight excluding hydrogens is 304 g/mol. The number of hydrogen-bond donors (Lipinski definition) is 0. The van der Waals surface area contributed by atoms with Crippen LogP contribution in [0.5, 0.6) is 0 Å². The van der Waals surface area contributed by atoms with Crippen LogP contribution in [0.15, 0.2) is 12.4 Å². The minimum atomic E-state index is -0.477. The molecule has 6 nitrogen and oxygen atoms in total. The van der Waals surface area contributed by atoms with Crippen LogP contribution in [-0.4, -0.2) is 52.7 Å². The summed E-state index contributed by atoms with van der Waals surface area (Å²) >= 11 is 5.82. The second-order valence-electron chi connectivity index (χ2n) is 6.53. The molecule has 0 radical (unpaired) electrons. The van der Waals surface area contributed by atoms with Gasteiger partial charge in [-0.3, -0.25) is 0 Å². The van der Waals surface area contributed by atoms with E-state index in [1.165, 1.54) is 0 Å². The fraction of sp³-hybridized carbons (Fsp3) is 0.667. The van der Waals surface area contributed by atoms with Crippen LogP contribution in [0, 0.1) is 0 Å². The van der Waals surface area contributed by atoms with Crippen molar-refractivity contribution in [1.29, 1.82) is 0 Å². The van der Waals surface area contributed by atoms with Gasteiger partial charge in [0.05, 0.1) is 17.4 Å². The van der Waals surface area contributed by atoms with E-state index in [0.717, 1.165) is 19.4 Å². The predicted molar refractivity (Wildman–Crippen MR) is 86.3 cm³/mol. The number of amides is 1. The number of likely N-dealkylation sites (N-methyl/N-ethyl adjacent to an activating group) is 1. The van der Waals surface area contributed by atoms with E-state index in [9.17, 15) is 4.79 Å². The third-order valence-corrected chi connectivity index (χ3v) is 3.71. The van der Waals surface area contributed by atoms with Crippen LogP contribution in [0.2, 0.25) is 5.02 Å². The Balaban J connectivity index is 2.00. The molecule has 2 rings (SSSR count). The zero-order chi connectivity index (χ0) is 16.3. The van der Waals surface area contributed by atoms with E-state index >= 15 is 0 Å². The second kappa shape index (κ2) is 6.69. The standard InChI is InChI=1S/C15H23ClN4O2/c1-15(2,3)22-14(21)20-7-5-6-12(10-20)19(4)13-17-8-11(16)9-18-13/h8-9,12H,5-7,10H2,1-4H3/t12-/m0/s1. The maximum Gasteiger partial charge on any atom is 0.410 e. The van der Waals surface area contributed by atoms with Crippen molar-refractivity contribution in [3.63, 3.8) is 0 Å². The van der Waals surface area contributed by atoms with Crippen LogP contribution >= 0.6 is 11.6 Å². The second-order valence-corrected chi connectivity index (χ2v) is 6.97.